The van der Waals surface area contributed by atoms with Gasteiger partial charge in [0.25, 0.3) is 0 Å². The summed E-state index contributed by atoms with van der Waals surface area (Å²) in [6, 6.07) is 5.24. The lowest BCUT2D eigenvalue weighted by atomic mass is 10.0. The van der Waals surface area contributed by atoms with E-state index in [2.05, 4.69) is 10.2 Å². The van der Waals surface area contributed by atoms with Crippen LogP contribution in [0.3, 0.4) is 0 Å². The molecule has 0 radical (unpaired) electrons. The second-order valence-electron chi connectivity index (χ2n) is 4.17. The zero-order valence-corrected chi connectivity index (χ0v) is 9.88. The second-order valence-corrected chi connectivity index (χ2v) is 4.17. The smallest absolute Gasteiger partial charge is 0.391 e. The van der Waals surface area contributed by atoms with E-state index in [-0.39, 0.29) is 18.5 Å². The molecule has 2 rings (SSSR count). The van der Waals surface area contributed by atoms with Crippen LogP contribution in [0.15, 0.2) is 36.9 Å². The Balaban J connectivity index is 2.10. The van der Waals surface area contributed by atoms with E-state index in [9.17, 15) is 18.3 Å². The molecule has 0 spiro atoms. The topological polar surface area (TPSA) is 50.9 Å². The quantitative estimate of drug-likeness (QED) is 0.924. The number of rotatable bonds is 4. The molecule has 2 aromatic rings. The molecule has 4 nitrogen and oxygen atoms in total. The number of benzene rings is 1. The summed E-state index contributed by atoms with van der Waals surface area (Å²) in [5.41, 5.74) is -0.631. The molecule has 0 aliphatic heterocycles. The first kappa shape index (κ1) is 13.5. The van der Waals surface area contributed by atoms with Gasteiger partial charge in [-0.25, -0.2) is 0 Å². The summed E-state index contributed by atoms with van der Waals surface area (Å²) in [5, 5.41) is 16.9. The monoisotopic (exact) mass is 271 g/mol. The normalized spacial score (nSPS) is 13.5. The van der Waals surface area contributed by atoms with E-state index in [1.54, 1.807) is 0 Å². The minimum atomic E-state index is -4.41. The van der Waals surface area contributed by atoms with E-state index < -0.39 is 17.8 Å². The first-order chi connectivity index (χ1) is 8.97. The van der Waals surface area contributed by atoms with Crippen LogP contribution in [0, 0.1) is 0 Å². The number of halogens is 3. The number of aliphatic hydroxyl groups is 1. The molecule has 19 heavy (non-hydrogen) atoms. The van der Waals surface area contributed by atoms with Gasteiger partial charge in [-0.3, -0.25) is 0 Å². The van der Waals surface area contributed by atoms with Crippen molar-refractivity contribution in [1.29, 1.82) is 0 Å². The number of aliphatic hydroxyl groups excluding tert-OH is 1. The maximum atomic E-state index is 12.8. The minimum absolute atomic E-state index is 0.0755. The molecule has 1 atom stereocenters. The van der Waals surface area contributed by atoms with Crippen LogP contribution in [0.25, 0.3) is 0 Å². The van der Waals surface area contributed by atoms with Crippen molar-refractivity contribution in [3.63, 3.8) is 0 Å². The Labute approximate surface area is 107 Å². The lowest BCUT2D eigenvalue weighted by Gasteiger charge is -2.15. The molecule has 1 aromatic carbocycles. The van der Waals surface area contributed by atoms with Gasteiger partial charge < -0.3 is 9.67 Å². The lowest BCUT2D eigenvalue weighted by Crippen LogP contribution is -2.20. The van der Waals surface area contributed by atoms with Crippen LogP contribution in [0.1, 0.15) is 11.1 Å². The van der Waals surface area contributed by atoms with Crippen molar-refractivity contribution in [2.24, 2.45) is 0 Å². The fourth-order valence-corrected chi connectivity index (χ4v) is 1.85. The molecule has 1 heterocycles. The molecular weight excluding hydrogens is 259 g/mol. The van der Waals surface area contributed by atoms with Crippen LogP contribution in [0.5, 0.6) is 0 Å². The summed E-state index contributed by atoms with van der Waals surface area (Å²) in [6.45, 7) is 0.152. The molecule has 0 fully saturated rings. The molecular formula is C12H12F3N3O. The van der Waals surface area contributed by atoms with Gasteiger partial charge >= 0.3 is 6.18 Å². The number of aromatic nitrogens is 3. The summed E-state index contributed by atoms with van der Waals surface area (Å²) in [7, 11) is 0. The highest BCUT2D eigenvalue weighted by Crippen LogP contribution is 2.32. The summed E-state index contributed by atoms with van der Waals surface area (Å²) < 4.78 is 39.8. The number of alkyl halides is 3. The minimum Gasteiger partial charge on any atom is -0.391 e. The third kappa shape index (κ3) is 3.54. The van der Waals surface area contributed by atoms with Crippen LogP contribution in [0.4, 0.5) is 13.2 Å². The Morgan fingerprint density at radius 3 is 2.42 bits per heavy atom. The van der Waals surface area contributed by atoms with Crippen molar-refractivity contribution in [3.05, 3.63) is 48.0 Å². The number of hydrogen-bond donors (Lipinski definition) is 1. The molecule has 0 unspecified atom stereocenters. The van der Waals surface area contributed by atoms with E-state index in [0.717, 1.165) is 6.07 Å². The Kier molecular flexibility index (Phi) is 3.84. The Morgan fingerprint density at radius 1 is 1.16 bits per heavy atom. The maximum Gasteiger partial charge on any atom is 0.416 e. The zero-order chi connectivity index (χ0) is 13.9. The van der Waals surface area contributed by atoms with Gasteiger partial charge in [-0.05, 0) is 11.6 Å². The molecule has 102 valence electrons. The van der Waals surface area contributed by atoms with Gasteiger partial charge in [-0.1, -0.05) is 18.2 Å². The predicted octanol–water partition coefficient (Wildman–Crippen LogP) is 1.90. The third-order valence-electron chi connectivity index (χ3n) is 2.67. The van der Waals surface area contributed by atoms with Crippen LogP contribution in [0.2, 0.25) is 0 Å². The highest BCUT2D eigenvalue weighted by Gasteiger charge is 2.33. The molecule has 0 aliphatic carbocycles. The Hall–Kier alpha value is -1.89. The lowest BCUT2D eigenvalue weighted by molar-refractivity contribution is -0.138. The maximum absolute atomic E-state index is 12.8. The standard InChI is InChI=1S/C12H12F3N3O/c13-12(14,15)11-4-2-1-3-9(11)5-10(19)6-18-7-16-17-8-18/h1-4,7-8,10,19H,5-6H2/t10-/m0/s1. The summed E-state index contributed by atoms with van der Waals surface area (Å²) >= 11 is 0. The third-order valence-corrected chi connectivity index (χ3v) is 2.67. The van der Waals surface area contributed by atoms with Crippen molar-refractivity contribution in [3.8, 4) is 0 Å². The van der Waals surface area contributed by atoms with E-state index >= 15 is 0 Å². The fraction of sp³-hybridized carbons (Fsp3) is 0.333. The first-order valence-corrected chi connectivity index (χ1v) is 5.62. The zero-order valence-electron chi connectivity index (χ0n) is 9.88. The molecule has 0 amide bonds. The van der Waals surface area contributed by atoms with Gasteiger partial charge in [-0.15, -0.1) is 10.2 Å². The van der Waals surface area contributed by atoms with Gasteiger partial charge in [0.05, 0.1) is 18.2 Å². The highest BCUT2D eigenvalue weighted by atomic mass is 19.4. The highest BCUT2D eigenvalue weighted by molar-refractivity contribution is 5.30. The number of nitrogens with zero attached hydrogens (tertiary/aromatic N) is 3. The summed E-state index contributed by atoms with van der Waals surface area (Å²) in [6.07, 6.45) is -2.61. The van der Waals surface area contributed by atoms with Gasteiger partial charge in [0, 0.05) is 6.42 Å². The van der Waals surface area contributed by atoms with E-state index in [4.69, 9.17) is 0 Å². The average Bonchev–Trinajstić information content (AvgIpc) is 2.81. The Bertz CT molecular complexity index is 525. The van der Waals surface area contributed by atoms with Gasteiger partial charge in [0.1, 0.15) is 12.7 Å². The van der Waals surface area contributed by atoms with Crippen LogP contribution in [-0.2, 0) is 19.1 Å². The molecule has 1 N–H and O–H groups in total. The van der Waals surface area contributed by atoms with E-state index in [1.807, 2.05) is 0 Å². The van der Waals surface area contributed by atoms with E-state index in [0.29, 0.717) is 0 Å². The largest absolute Gasteiger partial charge is 0.416 e. The van der Waals surface area contributed by atoms with Gasteiger partial charge in [0.2, 0.25) is 0 Å². The van der Waals surface area contributed by atoms with Crippen LogP contribution in [-0.4, -0.2) is 26.0 Å². The van der Waals surface area contributed by atoms with Gasteiger partial charge in [-0.2, -0.15) is 13.2 Å². The summed E-state index contributed by atoms with van der Waals surface area (Å²) in [5.74, 6) is 0. The van der Waals surface area contributed by atoms with Crippen molar-refractivity contribution < 1.29 is 18.3 Å². The molecule has 0 aliphatic rings. The first-order valence-electron chi connectivity index (χ1n) is 5.62. The molecule has 0 saturated carbocycles. The molecule has 1 aromatic heterocycles. The van der Waals surface area contributed by atoms with Crippen molar-refractivity contribution in [2.75, 3.05) is 0 Å². The molecule has 0 bridgehead atoms. The van der Waals surface area contributed by atoms with Crippen LogP contribution >= 0.6 is 0 Å². The van der Waals surface area contributed by atoms with Crippen molar-refractivity contribution >= 4 is 0 Å². The molecule has 7 heteroatoms. The average molecular weight is 271 g/mol. The predicted molar refractivity (Wildman–Crippen MR) is 61.2 cm³/mol. The van der Waals surface area contributed by atoms with Crippen molar-refractivity contribution in [2.45, 2.75) is 25.2 Å². The Morgan fingerprint density at radius 2 is 1.79 bits per heavy atom. The van der Waals surface area contributed by atoms with Crippen molar-refractivity contribution in [1.82, 2.24) is 14.8 Å². The number of hydrogen-bond acceptors (Lipinski definition) is 3. The SMILES string of the molecule is O[C@@H](Cc1ccccc1C(F)(F)F)Cn1cnnc1. The second kappa shape index (κ2) is 5.40. The van der Waals surface area contributed by atoms with Gasteiger partial charge in [0.15, 0.2) is 0 Å². The van der Waals surface area contributed by atoms with E-state index in [1.165, 1.54) is 35.4 Å². The molecule has 0 saturated heterocycles. The summed E-state index contributed by atoms with van der Waals surface area (Å²) in [4.78, 5) is 0. The van der Waals surface area contributed by atoms with Crippen LogP contribution < -0.4 is 0 Å². The fourth-order valence-electron chi connectivity index (χ4n) is 1.85.